The van der Waals surface area contributed by atoms with Gasteiger partial charge in [-0.3, -0.25) is 0 Å². The number of hydrogen-bond acceptors (Lipinski definition) is 8. The normalized spacial score (nSPS) is 13.0. The third-order valence-corrected chi connectivity index (χ3v) is 11.1. The lowest BCUT2D eigenvalue weighted by Gasteiger charge is -2.04. The van der Waals surface area contributed by atoms with Crippen LogP contribution in [-0.4, -0.2) is 37.4 Å². The molecule has 8 nitrogen and oxygen atoms in total. The topological polar surface area (TPSA) is 109 Å². The molecule has 0 saturated carbocycles. The molecule has 0 aliphatic carbocycles. The summed E-state index contributed by atoms with van der Waals surface area (Å²) in [5.74, 6) is 0. The Morgan fingerprint density at radius 3 is 2.12 bits per heavy atom. The summed E-state index contributed by atoms with van der Waals surface area (Å²) in [6, 6.07) is 17.3. The molecule has 8 bridgehead atoms. The zero-order valence-corrected chi connectivity index (χ0v) is 29.0. The van der Waals surface area contributed by atoms with Crippen LogP contribution in [0.1, 0.15) is 75.4 Å². The van der Waals surface area contributed by atoms with Crippen molar-refractivity contribution in [2.45, 2.75) is 66.2 Å². The summed E-state index contributed by atoms with van der Waals surface area (Å²) < 4.78 is 18.6. The zero-order valence-electron chi connectivity index (χ0n) is 27.4. The number of aromatic nitrogens is 8. The van der Waals surface area contributed by atoms with Crippen LogP contribution in [-0.2, 0) is 6.42 Å². The number of aromatic amines is 2. The monoisotopic (exact) mass is 666 g/mol. The van der Waals surface area contributed by atoms with E-state index in [2.05, 4.69) is 94.9 Å². The molecule has 0 fully saturated rings. The number of rotatable bonds is 6. The van der Waals surface area contributed by atoms with Crippen LogP contribution in [0.25, 0.3) is 88.6 Å². The van der Waals surface area contributed by atoms with E-state index in [0.717, 1.165) is 127 Å². The van der Waals surface area contributed by atoms with E-state index in [0.29, 0.717) is 0 Å². The van der Waals surface area contributed by atoms with Crippen molar-refractivity contribution in [3.8, 4) is 22.5 Å². The van der Waals surface area contributed by atoms with E-state index < -0.39 is 0 Å². The van der Waals surface area contributed by atoms with Gasteiger partial charge in [0.15, 0.2) is 0 Å². The number of allylic oxidation sites excluding steroid dienone is 2. The SMILES string of the molecule is CCCCC1=C(C)c2cc3[nH]c(cc4nc(cc5[nH]c(cc1n2)c(CCCC)c5C)-c1ccc2nsnc2c1-4)c1c3ccc2nsnc21. The molecular formula is C38H34N8S2. The molecule has 48 heavy (non-hydrogen) atoms. The summed E-state index contributed by atoms with van der Waals surface area (Å²) in [6.07, 6.45) is 6.53. The second kappa shape index (κ2) is 11.4. The van der Waals surface area contributed by atoms with Gasteiger partial charge >= 0.3 is 0 Å². The first kappa shape index (κ1) is 29.3. The smallest absolute Gasteiger partial charge is 0.114 e. The average Bonchev–Trinajstić information content (AvgIpc) is 3.93. The number of aryl methyl sites for hydroxylation is 2. The molecular weight excluding hydrogens is 633 g/mol. The molecule has 0 atom stereocenters. The average molecular weight is 667 g/mol. The van der Waals surface area contributed by atoms with Crippen molar-refractivity contribution >= 4 is 89.5 Å². The molecule has 10 heteroatoms. The highest BCUT2D eigenvalue weighted by atomic mass is 32.1. The van der Waals surface area contributed by atoms with Crippen molar-refractivity contribution in [2.75, 3.05) is 0 Å². The lowest BCUT2D eigenvalue weighted by atomic mass is 9.99. The lowest BCUT2D eigenvalue weighted by molar-refractivity contribution is 0.796. The maximum absolute atomic E-state index is 5.33. The molecule has 2 aliphatic rings. The van der Waals surface area contributed by atoms with Crippen molar-refractivity contribution in [3.05, 3.63) is 71.0 Å². The van der Waals surface area contributed by atoms with Gasteiger partial charge in [-0.15, -0.1) is 0 Å². The number of nitrogens with one attached hydrogen (secondary N) is 2. The first-order valence-corrected chi connectivity index (χ1v) is 18.2. The maximum Gasteiger partial charge on any atom is 0.114 e. The predicted molar refractivity (Wildman–Crippen MR) is 200 cm³/mol. The van der Waals surface area contributed by atoms with Gasteiger partial charge in [0, 0.05) is 38.4 Å². The van der Waals surface area contributed by atoms with Gasteiger partial charge in [0.25, 0.3) is 0 Å². The predicted octanol–water partition coefficient (Wildman–Crippen LogP) is 10.6. The molecule has 2 aliphatic heterocycles. The van der Waals surface area contributed by atoms with Gasteiger partial charge in [-0.05, 0) is 110 Å². The molecule has 0 saturated heterocycles. The number of H-pyrrole nitrogens is 2. The Morgan fingerprint density at radius 1 is 0.625 bits per heavy atom. The van der Waals surface area contributed by atoms with Crippen LogP contribution in [0.5, 0.6) is 0 Å². The molecule has 5 aromatic heterocycles. The van der Waals surface area contributed by atoms with Crippen molar-refractivity contribution < 1.29 is 0 Å². The van der Waals surface area contributed by atoms with Gasteiger partial charge in [0.1, 0.15) is 22.1 Å². The minimum atomic E-state index is 0.852. The second-order valence-electron chi connectivity index (χ2n) is 12.9. The third kappa shape index (κ3) is 4.53. The van der Waals surface area contributed by atoms with Gasteiger partial charge in [-0.1, -0.05) is 26.7 Å². The van der Waals surface area contributed by atoms with Crippen LogP contribution in [0.4, 0.5) is 0 Å². The highest BCUT2D eigenvalue weighted by Gasteiger charge is 2.23. The van der Waals surface area contributed by atoms with Gasteiger partial charge in [0.05, 0.1) is 51.7 Å². The van der Waals surface area contributed by atoms with E-state index >= 15 is 0 Å². The first-order chi connectivity index (χ1) is 23.5. The van der Waals surface area contributed by atoms with E-state index in [1.54, 1.807) is 0 Å². The van der Waals surface area contributed by atoms with Crippen LogP contribution in [0.2, 0.25) is 0 Å². The molecule has 2 N–H and O–H groups in total. The summed E-state index contributed by atoms with van der Waals surface area (Å²) in [7, 11) is 0. The van der Waals surface area contributed by atoms with Crippen molar-refractivity contribution in [1.29, 1.82) is 0 Å². The molecule has 2 aromatic carbocycles. The fourth-order valence-corrected chi connectivity index (χ4v) is 8.44. The van der Waals surface area contributed by atoms with Gasteiger partial charge in [-0.25, -0.2) is 9.97 Å². The van der Waals surface area contributed by atoms with Gasteiger partial charge in [0.2, 0.25) is 0 Å². The summed E-state index contributed by atoms with van der Waals surface area (Å²) in [5, 5.41) is 2.12. The second-order valence-corrected chi connectivity index (χ2v) is 14.0. The van der Waals surface area contributed by atoms with E-state index in [4.69, 9.17) is 18.7 Å². The number of benzene rings is 2. The number of nitrogens with zero attached hydrogens (tertiary/aromatic N) is 6. The highest BCUT2D eigenvalue weighted by molar-refractivity contribution is 7.00. The number of fused-ring (bicyclic) bond motifs is 18. The fraction of sp³-hybridized carbons (Fsp3) is 0.263. The molecule has 0 radical (unpaired) electrons. The van der Waals surface area contributed by atoms with E-state index in [1.165, 1.54) is 45.7 Å². The Balaban J connectivity index is 1.47. The van der Waals surface area contributed by atoms with Crippen LogP contribution in [0.3, 0.4) is 0 Å². The van der Waals surface area contributed by atoms with Crippen molar-refractivity contribution in [2.24, 2.45) is 0 Å². The molecule has 7 heterocycles. The standard InChI is InChI=1S/C38H34N8S2/c1-5-7-9-21-19(3)27-15-31-23-11-13-25-37(45-47-43-25)35(23)33(41-31)18-34-36-24(12-14-26-38(36)46-48-44-26)32(42-34)16-28-20(4)22(10-8-6-2)30(40-28)17-29(21)39-27/h11-18,39,42H,5-10H2,1-4H3. The summed E-state index contributed by atoms with van der Waals surface area (Å²) in [5.41, 5.74) is 18.7. The largest absolute Gasteiger partial charge is 0.355 e. The summed E-state index contributed by atoms with van der Waals surface area (Å²) >= 11 is 2.48. The zero-order chi connectivity index (χ0) is 32.5. The summed E-state index contributed by atoms with van der Waals surface area (Å²) in [4.78, 5) is 18.2. The minimum absolute atomic E-state index is 0.852. The van der Waals surface area contributed by atoms with Crippen LogP contribution < -0.4 is 0 Å². The van der Waals surface area contributed by atoms with E-state index in [9.17, 15) is 0 Å². The van der Waals surface area contributed by atoms with Crippen LogP contribution in [0.15, 0.2) is 48.5 Å². The molecule has 0 amide bonds. The molecule has 0 unspecified atom stereocenters. The Labute approximate surface area is 285 Å². The minimum Gasteiger partial charge on any atom is -0.355 e. The van der Waals surface area contributed by atoms with Crippen molar-refractivity contribution in [3.63, 3.8) is 0 Å². The maximum atomic E-state index is 5.33. The Hall–Kier alpha value is -4.80. The van der Waals surface area contributed by atoms with Crippen LogP contribution in [0, 0.1) is 6.92 Å². The Kier molecular flexibility index (Phi) is 6.98. The number of hydrogen-bond donors (Lipinski definition) is 2. The Bertz CT molecular complexity index is 2630. The van der Waals surface area contributed by atoms with Crippen LogP contribution >= 0.6 is 23.5 Å². The van der Waals surface area contributed by atoms with Crippen molar-refractivity contribution in [1.82, 2.24) is 37.4 Å². The first-order valence-electron chi connectivity index (χ1n) is 16.8. The molecule has 7 aromatic rings. The molecule has 9 rings (SSSR count). The fourth-order valence-electron chi connectivity index (χ4n) is 7.36. The van der Waals surface area contributed by atoms with Gasteiger partial charge in [-0.2, -0.15) is 17.5 Å². The van der Waals surface area contributed by atoms with E-state index in [1.807, 2.05) is 0 Å². The van der Waals surface area contributed by atoms with Gasteiger partial charge < -0.3 is 9.97 Å². The molecule has 238 valence electrons. The highest BCUT2D eigenvalue weighted by Crippen LogP contribution is 2.42. The summed E-state index contributed by atoms with van der Waals surface area (Å²) in [6.45, 7) is 8.97. The van der Waals surface area contributed by atoms with E-state index in [-0.39, 0.29) is 0 Å². The lowest BCUT2D eigenvalue weighted by Crippen LogP contribution is -1.87. The quantitative estimate of drug-likeness (QED) is 0.183. The third-order valence-electron chi connectivity index (χ3n) is 9.98. The molecule has 0 spiro atoms. The number of unbranched alkanes of at least 4 members (excludes halogenated alkanes) is 2. The Morgan fingerprint density at radius 2 is 1.29 bits per heavy atom.